The van der Waals surface area contributed by atoms with Gasteiger partial charge in [0.25, 0.3) is 0 Å². The number of ether oxygens (including phenoxy) is 1. The molecule has 3 rings (SSSR count). The smallest absolute Gasteiger partial charge is 0.0593 e. The molecule has 4 heteroatoms. The highest BCUT2D eigenvalue weighted by atomic mass is 16.5. The van der Waals surface area contributed by atoms with Gasteiger partial charge in [-0.25, -0.2) is 0 Å². The molecule has 0 bridgehead atoms. The van der Waals surface area contributed by atoms with E-state index in [0.717, 1.165) is 45.0 Å². The summed E-state index contributed by atoms with van der Waals surface area (Å²) < 4.78 is 5.76. The van der Waals surface area contributed by atoms with Crippen molar-refractivity contribution in [3.63, 3.8) is 0 Å². The highest BCUT2D eigenvalue weighted by molar-refractivity contribution is 5.14. The van der Waals surface area contributed by atoms with Crippen molar-refractivity contribution < 1.29 is 4.74 Å². The van der Waals surface area contributed by atoms with E-state index in [1.807, 2.05) is 6.20 Å². The van der Waals surface area contributed by atoms with Crippen LogP contribution in [0.25, 0.3) is 0 Å². The Morgan fingerprint density at radius 1 is 1.19 bits per heavy atom. The fourth-order valence-corrected chi connectivity index (χ4v) is 2.79. The summed E-state index contributed by atoms with van der Waals surface area (Å²) >= 11 is 0. The maximum Gasteiger partial charge on any atom is 0.0593 e. The van der Waals surface area contributed by atoms with E-state index >= 15 is 0 Å². The first kappa shape index (κ1) is 14.2. The second kappa shape index (κ2) is 7.29. The Hall–Kier alpha value is -1.78. The Balaban J connectivity index is 1.61. The van der Waals surface area contributed by atoms with Gasteiger partial charge in [0.2, 0.25) is 0 Å². The molecule has 110 valence electrons. The first-order chi connectivity index (χ1) is 10.4. The molecular weight excluding hydrogens is 262 g/mol. The molecule has 2 aromatic rings. The van der Waals surface area contributed by atoms with Crippen molar-refractivity contribution in [2.75, 3.05) is 26.3 Å². The molecule has 0 N–H and O–H groups in total. The Bertz CT molecular complexity index is 483. The number of hydrogen-bond donors (Lipinski definition) is 0. The van der Waals surface area contributed by atoms with Crippen molar-refractivity contribution in [1.82, 2.24) is 14.9 Å². The summed E-state index contributed by atoms with van der Waals surface area (Å²) in [6.07, 6.45) is 6.26. The van der Waals surface area contributed by atoms with Gasteiger partial charge in [-0.05, 0) is 12.0 Å². The molecule has 0 saturated carbocycles. The van der Waals surface area contributed by atoms with Crippen molar-refractivity contribution >= 4 is 0 Å². The van der Waals surface area contributed by atoms with Crippen LogP contribution in [0.2, 0.25) is 0 Å². The molecule has 1 saturated heterocycles. The summed E-state index contributed by atoms with van der Waals surface area (Å²) in [6, 6.07) is 10.6. The molecule has 0 unspecified atom stereocenters. The Kier molecular flexibility index (Phi) is 4.92. The first-order valence-electron chi connectivity index (χ1n) is 7.49. The molecule has 2 heterocycles. The van der Waals surface area contributed by atoms with E-state index in [9.17, 15) is 0 Å². The van der Waals surface area contributed by atoms with Crippen LogP contribution in [0.15, 0.2) is 48.9 Å². The van der Waals surface area contributed by atoms with E-state index in [4.69, 9.17) is 4.74 Å². The van der Waals surface area contributed by atoms with Crippen LogP contribution in [-0.2, 0) is 17.7 Å². The molecule has 0 aliphatic carbocycles. The molecule has 1 fully saturated rings. The number of benzene rings is 1. The molecular formula is C17H21N3O. The van der Waals surface area contributed by atoms with E-state index in [1.165, 1.54) is 5.56 Å². The van der Waals surface area contributed by atoms with Gasteiger partial charge in [-0.2, -0.15) is 0 Å². The second-order valence-corrected chi connectivity index (χ2v) is 5.56. The average molecular weight is 283 g/mol. The normalized spacial score (nSPS) is 20.1. The molecule has 1 aliphatic heterocycles. The maximum absolute atomic E-state index is 5.76. The standard InChI is InChI=1S/C17H21N3O/c1-2-4-15(5-3-1)12-20-8-9-21-14-16(13-20)10-17-11-18-6-7-19-17/h1-7,11,16H,8-10,12-14H2/t16-/m1/s1. The maximum atomic E-state index is 5.76. The van der Waals surface area contributed by atoms with Crippen molar-refractivity contribution in [3.8, 4) is 0 Å². The Morgan fingerprint density at radius 3 is 2.90 bits per heavy atom. The van der Waals surface area contributed by atoms with Crippen molar-refractivity contribution in [3.05, 3.63) is 60.2 Å². The zero-order valence-electron chi connectivity index (χ0n) is 12.2. The minimum absolute atomic E-state index is 0.480. The van der Waals surface area contributed by atoms with Crippen LogP contribution in [0.4, 0.5) is 0 Å². The highest BCUT2D eigenvalue weighted by Crippen LogP contribution is 2.14. The van der Waals surface area contributed by atoms with Gasteiger partial charge in [0, 0.05) is 44.1 Å². The van der Waals surface area contributed by atoms with E-state index in [2.05, 4.69) is 45.2 Å². The van der Waals surface area contributed by atoms with Crippen LogP contribution >= 0.6 is 0 Å². The number of aromatic nitrogens is 2. The lowest BCUT2D eigenvalue weighted by atomic mass is 10.0. The van der Waals surface area contributed by atoms with Gasteiger partial charge in [-0.15, -0.1) is 0 Å². The average Bonchev–Trinajstić information content (AvgIpc) is 2.74. The molecule has 4 nitrogen and oxygen atoms in total. The van der Waals surface area contributed by atoms with Gasteiger partial charge in [0.05, 0.1) is 18.9 Å². The summed E-state index contributed by atoms with van der Waals surface area (Å²) in [5.41, 5.74) is 2.41. The van der Waals surface area contributed by atoms with Gasteiger partial charge in [-0.1, -0.05) is 30.3 Å². The van der Waals surface area contributed by atoms with Crippen molar-refractivity contribution in [1.29, 1.82) is 0 Å². The van der Waals surface area contributed by atoms with Gasteiger partial charge in [0.15, 0.2) is 0 Å². The quantitative estimate of drug-likeness (QED) is 0.862. The van der Waals surface area contributed by atoms with Crippen LogP contribution < -0.4 is 0 Å². The Labute approximate surface area is 125 Å². The molecule has 1 aromatic carbocycles. The molecule has 1 aromatic heterocycles. The first-order valence-corrected chi connectivity index (χ1v) is 7.49. The fraction of sp³-hybridized carbons (Fsp3) is 0.412. The zero-order valence-corrected chi connectivity index (χ0v) is 12.2. The molecule has 1 aliphatic rings. The number of hydrogen-bond acceptors (Lipinski definition) is 4. The van der Waals surface area contributed by atoms with Crippen LogP contribution in [0.3, 0.4) is 0 Å². The molecule has 0 amide bonds. The highest BCUT2D eigenvalue weighted by Gasteiger charge is 2.19. The molecule has 21 heavy (non-hydrogen) atoms. The van der Waals surface area contributed by atoms with Gasteiger partial charge in [-0.3, -0.25) is 14.9 Å². The lowest BCUT2D eigenvalue weighted by Gasteiger charge is -2.23. The van der Waals surface area contributed by atoms with Gasteiger partial charge < -0.3 is 4.74 Å². The predicted molar refractivity (Wildman–Crippen MR) is 81.8 cm³/mol. The van der Waals surface area contributed by atoms with E-state index in [1.54, 1.807) is 12.4 Å². The monoisotopic (exact) mass is 283 g/mol. The molecule has 0 spiro atoms. The Morgan fingerprint density at radius 2 is 2.10 bits per heavy atom. The largest absolute Gasteiger partial charge is 0.380 e. The van der Waals surface area contributed by atoms with E-state index in [0.29, 0.717) is 5.92 Å². The fourth-order valence-electron chi connectivity index (χ4n) is 2.79. The molecule has 0 radical (unpaired) electrons. The van der Waals surface area contributed by atoms with Gasteiger partial charge >= 0.3 is 0 Å². The van der Waals surface area contributed by atoms with Crippen LogP contribution in [0.1, 0.15) is 11.3 Å². The minimum Gasteiger partial charge on any atom is -0.380 e. The summed E-state index contributed by atoms with van der Waals surface area (Å²) in [7, 11) is 0. The summed E-state index contributed by atoms with van der Waals surface area (Å²) in [6.45, 7) is 4.64. The minimum atomic E-state index is 0.480. The lowest BCUT2D eigenvalue weighted by molar-refractivity contribution is 0.121. The van der Waals surface area contributed by atoms with E-state index < -0.39 is 0 Å². The summed E-state index contributed by atoms with van der Waals surface area (Å²) in [5, 5.41) is 0. The number of nitrogens with zero attached hydrogens (tertiary/aromatic N) is 3. The molecule has 1 atom stereocenters. The number of rotatable bonds is 4. The lowest BCUT2D eigenvalue weighted by Crippen LogP contribution is -2.30. The summed E-state index contributed by atoms with van der Waals surface area (Å²) in [4.78, 5) is 11.0. The van der Waals surface area contributed by atoms with E-state index in [-0.39, 0.29) is 0 Å². The van der Waals surface area contributed by atoms with Crippen LogP contribution in [-0.4, -0.2) is 41.2 Å². The van der Waals surface area contributed by atoms with Gasteiger partial charge in [0.1, 0.15) is 0 Å². The predicted octanol–water partition coefficient (Wildman–Crippen LogP) is 2.17. The zero-order chi connectivity index (χ0) is 14.3. The van der Waals surface area contributed by atoms with Crippen molar-refractivity contribution in [2.24, 2.45) is 5.92 Å². The summed E-state index contributed by atoms with van der Waals surface area (Å²) in [5.74, 6) is 0.480. The second-order valence-electron chi connectivity index (χ2n) is 5.56. The van der Waals surface area contributed by atoms with Crippen molar-refractivity contribution in [2.45, 2.75) is 13.0 Å². The third kappa shape index (κ3) is 4.34. The SMILES string of the molecule is c1ccc(CN2CCOC[C@H](Cc3cnccn3)C2)cc1. The topological polar surface area (TPSA) is 38.2 Å². The third-order valence-corrected chi connectivity index (χ3v) is 3.79. The van der Waals surface area contributed by atoms with Crippen LogP contribution in [0.5, 0.6) is 0 Å². The van der Waals surface area contributed by atoms with Crippen LogP contribution in [0, 0.1) is 5.92 Å². The third-order valence-electron chi connectivity index (χ3n) is 3.79.